The first kappa shape index (κ1) is 23.5. The third kappa shape index (κ3) is 3.36. The minimum Gasteiger partial charge on any atom is -0.455 e. The minimum absolute atomic E-state index is 0.159. The fourth-order valence-electron chi connectivity index (χ4n) is 7.29. The Kier molecular flexibility index (Phi) is 4.97. The van der Waals surface area contributed by atoms with Gasteiger partial charge >= 0.3 is 0 Å². The smallest absolute Gasteiger partial charge is 0.145 e. The molecule has 42 heavy (non-hydrogen) atoms. The van der Waals surface area contributed by atoms with E-state index in [9.17, 15) is 4.79 Å². The Morgan fingerprint density at radius 3 is 1.81 bits per heavy atom. The number of fused-ring (bicyclic) bond motifs is 6. The molecule has 0 amide bonds. The van der Waals surface area contributed by atoms with Crippen LogP contribution >= 0.6 is 0 Å². The highest BCUT2D eigenvalue weighted by Crippen LogP contribution is 2.47. The van der Waals surface area contributed by atoms with Crippen LogP contribution in [0, 0.1) is 11.8 Å². The van der Waals surface area contributed by atoms with Crippen molar-refractivity contribution in [2.75, 3.05) is 0 Å². The standard InChI is InChI=1S/C40H26O2/c41-36-23-24-16-21-28(36)35(22-24)39-32-11-3-1-9-30(32)38(31-10-2-4-12-33(31)39)26-19-17-25(18-20-26)27-13-7-14-34-29-8-5-6-15-37(29)42-40(27)34/h1-22,24,28H,23H2. The maximum Gasteiger partial charge on any atom is 0.145 e. The van der Waals surface area contributed by atoms with E-state index >= 15 is 0 Å². The summed E-state index contributed by atoms with van der Waals surface area (Å²) in [6.07, 6.45) is 7.26. The van der Waals surface area contributed by atoms with E-state index in [1.807, 2.05) is 12.1 Å². The Labute approximate surface area is 243 Å². The van der Waals surface area contributed by atoms with E-state index in [2.05, 4.69) is 121 Å². The van der Waals surface area contributed by atoms with Crippen LogP contribution in [0.1, 0.15) is 12.0 Å². The zero-order chi connectivity index (χ0) is 27.8. The van der Waals surface area contributed by atoms with Gasteiger partial charge in [-0.25, -0.2) is 0 Å². The maximum atomic E-state index is 13.0. The molecular formula is C40H26O2. The lowest BCUT2D eigenvalue weighted by atomic mass is 9.71. The number of hydrogen-bond acceptors (Lipinski definition) is 2. The van der Waals surface area contributed by atoms with Crippen LogP contribution in [-0.4, -0.2) is 5.78 Å². The first-order valence-corrected chi connectivity index (χ1v) is 14.6. The van der Waals surface area contributed by atoms with Gasteiger partial charge in [0.05, 0.1) is 5.92 Å². The van der Waals surface area contributed by atoms with Crippen LogP contribution in [-0.2, 0) is 4.79 Å². The number of carbonyl (C=O) groups excluding carboxylic acids is 1. The van der Waals surface area contributed by atoms with Crippen molar-refractivity contribution in [2.45, 2.75) is 6.42 Å². The van der Waals surface area contributed by atoms with Gasteiger partial charge in [0.25, 0.3) is 0 Å². The lowest BCUT2D eigenvalue weighted by Gasteiger charge is -2.31. The molecule has 198 valence electrons. The molecule has 10 rings (SSSR count). The van der Waals surface area contributed by atoms with Gasteiger partial charge in [0, 0.05) is 28.7 Å². The average molecular weight is 539 g/mol. The number of ketones is 1. The number of furan rings is 1. The quantitative estimate of drug-likeness (QED) is 0.165. The summed E-state index contributed by atoms with van der Waals surface area (Å²) in [5, 5.41) is 7.08. The van der Waals surface area contributed by atoms with Crippen LogP contribution < -0.4 is 0 Å². The molecule has 2 nitrogen and oxygen atoms in total. The van der Waals surface area contributed by atoms with Gasteiger partial charge in [-0.05, 0) is 55.4 Å². The Morgan fingerprint density at radius 2 is 1.14 bits per heavy atom. The first-order valence-electron chi connectivity index (χ1n) is 14.6. The molecule has 2 heteroatoms. The Balaban J connectivity index is 1.24. The zero-order valence-electron chi connectivity index (χ0n) is 22.9. The second-order valence-corrected chi connectivity index (χ2v) is 11.5. The highest BCUT2D eigenvalue weighted by Gasteiger charge is 2.34. The fourth-order valence-corrected chi connectivity index (χ4v) is 7.29. The Hall–Kier alpha value is -5.21. The van der Waals surface area contributed by atoms with Gasteiger partial charge in [-0.15, -0.1) is 0 Å². The minimum atomic E-state index is -0.159. The van der Waals surface area contributed by atoms with Crippen molar-refractivity contribution in [3.63, 3.8) is 0 Å². The second-order valence-electron chi connectivity index (χ2n) is 11.5. The third-order valence-corrected chi connectivity index (χ3v) is 9.17. The van der Waals surface area contributed by atoms with E-state index in [1.54, 1.807) is 0 Å². The predicted molar refractivity (Wildman–Crippen MR) is 173 cm³/mol. The molecule has 3 aliphatic rings. The summed E-state index contributed by atoms with van der Waals surface area (Å²) in [5.41, 5.74) is 8.81. The molecule has 0 saturated heterocycles. The van der Waals surface area contributed by atoms with Crippen molar-refractivity contribution in [1.29, 1.82) is 0 Å². The molecule has 1 aromatic heterocycles. The van der Waals surface area contributed by atoms with E-state index in [4.69, 9.17) is 4.42 Å². The molecule has 2 atom stereocenters. The average Bonchev–Trinajstić information content (AvgIpc) is 3.43. The second kappa shape index (κ2) is 8.89. The van der Waals surface area contributed by atoms with E-state index in [0.29, 0.717) is 12.2 Å². The summed E-state index contributed by atoms with van der Waals surface area (Å²) >= 11 is 0. The number of para-hydroxylation sites is 2. The largest absolute Gasteiger partial charge is 0.455 e. The van der Waals surface area contributed by atoms with Crippen molar-refractivity contribution < 1.29 is 9.21 Å². The number of hydrogen-bond donors (Lipinski definition) is 0. The van der Waals surface area contributed by atoms with Crippen molar-refractivity contribution in [3.8, 4) is 22.3 Å². The molecule has 0 aliphatic heterocycles. The summed E-state index contributed by atoms with van der Waals surface area (Å²) in [6.45, 7) is 0. The van der Waals surface area contributed by atoms with Crippen LogP contribution in [0.25, 0.3) is 71.3 Å². The van der Waals surface area contributed by atoms with Crippen LogP contribution in [0.4, 0.5) is 0 Å². The summed E-state index contributed by atoms with van der Waals surface area (Å²) in [5.74, 6) is 0.360. The fraction of sp³-hybridized carbons (Fsp3) is 0.0750. The first-order chi connectivity index (χ1) is 20.7. The molecule has 0 spiro atoms. The molecule has 0 N–H and O–H groups in total. The van der Waals surface area contributed by atoms with E-state index < -0.39 is 0 Å². The van der Waals surface area contributed by atoms with Crippen molar-refractivity contribution in [2.24, 2.45) is 11.8 Å². The van der Waals surface area contributed by atoms with E-state index in [-0.39, 0.29) is 11.8 Å². The molecule has 7 aromatic rings. The van der Waals surface area contributed by atoms with Crippen LogP contribution in [0.5, 0.6) is 0 Å². The number of rotatable bonds is 3. The zero-order valence-corrected chi connectivity index (χ0v) is 22.9. The maximum absolute atomic E-state index is 13.0. The molecule has 6 aromatic carbocycles. The molecule has 0 radical (unpaired) electrons. The number of carbonyl (C=O) groups is 1. The Bertz CT molecular complexity index is 2240. The van der Waals surface area contributed by atoms with Gasteiger partial charge in [0.1, 0.15) is 16.9 Å². The molecule has 0 saturated carbocycles. The Morgan fingerprint density at radius 1 is 0.548 bits per heavy atom. The summed E-state index contributed by atoms with van der Waals surface area (Å²) < 4.78 is 6.33. The topological polar surface area (TPSA) is 30.2 Å². The molecule has 2 unspecified atom stereocenters. The van der Waals surface area contributed by atoms with Gasteiger partial charge in [0.2, 0.25) is 0 Å². The van der Waals surface area contributed by atoms with Crippen molar-refractivity contribution in [1.82, 2.24) is 0 Å². The SMILES string of the molecule is O=C1CC2C=CC1C(c1c3ccccc3c(-c3ccc(-c4cccc5c4oc4ccccc45)cc3)c3ccccc13)=C2. The number of Topliss-reactive ketones (excluding diaryl/α,β-unsaturated/α-hetero) is 1. The van der Waals surface area contributed by atoms with Crippen molar-refractivity contribution in [3.05, 3.63) is 139 Å². The summed E-state index contributed by atoms with van der Waals surface area (Å²) in [6, 6.07) is 40.8. The third-order valence-electron chi connectivity index (χ3n) is 9.17. The van der Waals surface area contributed by atoms with Crippen molar-refractivity contribution >= 4 is 54.8 Å². The van der Waals surface area contributed by atoms with Crippen LogP contribution in [0.15, 0.2) is 138 Å². The normalized spacial score (nSPS) is 18.0. The molecular weight excluding hydrogens is 512 g/mol. The van der Waals surface area contributed by atoms with Gasteiger partial charge < -0.3 is 4.42 Å². The molecule has 0 fully saturated rings. The highest BCUT2D eigenvalue weighted by molar-refractivity contribution is 6.20. The number of allylic oxidation sites excluding steroid dienone is 4. The van der Waals surface area contributed by atoms with Gasteiger partial charge in [-0.3, -0.25) is 4.79 Å². The lowest BCUT2D eigenvalue weighted by Crippen LogP contribution is -2.26. The monoisotopic (exact) mass is 538 g/mol. The molecule has 1 heterocycles. The van der Waals surface area contributed by atoms with Gasteiger partial charge in [-0.2, -0.15) is 0 Å². The van der Waals surface area contributed by atoms with E-state index in [0.717, 1.165) is 38.6 Å². The molecule has 3 aliphatic carbocycles. The van der Waals surface area contributed by atoms with E-state index in [1.165, 1.54) is 38.2 Å². The van der Waals surface area contributed by atoms with Gasteiger partial charge in [0.15, 0.2) is 0 Å². The number of benzene rings is 6. The lowest BCUT2D eigenvalue weighted by molar-refractivity contribution is -0.121. The summed E-state index contributed by atoms with van der Waals surface area (Å²) in [7, 11) is 0. The summed E-state index contributed by atoms with van der Waals surface area (Å²) in [4.78, 5) is 13.0. The van der Waals surface area contributed by atoms with Crippen LogP contribution in [0.3, 0.4) is 0 Å². The van der Waals surface area contributed by atoms with Gasteiger partial charge in [-0.1, -0.05) is 127 Å². The highest BCUT2D eigenvalue weighted by atomic mass is 16.3. The predicted octanol–water partition coefficient (Wildman–Crippen LogP) is 10.4. The van der Waals surface area contributed by atoms with Crippen LogP contribution in [0.2, 0.25) is 0 Å². The molecule has 2 bridgehead atoms.